The Morgan fingerprint density at radius 1 is 1.00 bits per heavy atom. The number of thioether (sulfide) groups is 1. The fourth-order valence-corrected chi connectivity index (χ4v) is 1.98. The van der Waals surface area contributed by atoms with E-state index in [1.54, 1.807) is 11.8 Å². The lowest BCUT2D eigenvalue weighted by Crippen LogP contribution is -1.82. The topological polar surface area (TPSA) is 17.1 Å². The van der Waals surface area contributed by atoms with Crippen LogP contribution in [0.4, 0.5) is 0 Å². The molecule has 0 aromatic heterocycles. The second kappa shape index (κ2) is 4.99. The number of benzene rings is 2. The lowest BCUT2D eigenvalue weighted by Gasteiger charge is -2.03. The first-order valence-corrected chi connectivity index (χ1v) is 6.25. The quantitative estimate of drug-likeness (QED) is 0.585. The molecule has 2 aromatic rings. The van der Waals surface area contributed by atoms with Crippen molar-refractivity contribution in [2.45, 2.75) is 4.90 Å². The Bertz CT molecular complexity index is 488. The highest BCUT2D eigenvalue weighted by molar-refractivity contribution is 7.98. The zero-order chi connectivity index (χ0) is 11.4. The number of carbonyl (C=O) groups excluding carboxylic acids is 1. The Hall–Kier alpha value is -1.54. The van der Waals surface area contributed by atoms with Crippen molar-refractivity contribution in [1.29, 1.82) is 0 Å². The molecule has 0 fully saturated rings. The van der Waals surface area contributed by atoms with Crippen molar-refractivity contribution in [3.8, 4) is 11.1 Å². The number of rotatable bonds is 3. The van der Waals surface area contributed by atoms with Crippen LogP contribution >= 0.6 is 11.8 Å². The zero-order valence-electron chi connectivity index (χ0n) is 9.01. The normalized spacial score (nSPS) is 10.1. The van der Waals surface area contributed by atoms with Gasteiger partial charge in [0.15, 0.2) is 0 Å². The van der Waals surface area contributed by atoms with Gasteiger partial charge in [-0.15, -0.1) is 11.8 Å². The summed E-state index contributed by atoms with van der Waals surface area (Å²) < 4.78 is 0. The highest BCUT2D eigenvalue weighted by Gasteiger charge is 1.98. The van der Waals surface area contributed by atoms with Crippen molar-refractivity contribution in [3.05, 3.63) is 54.1 Å². The third-order valence-corrected chi connectivity index (χ3v) is 3.19. The molecule has 0 aliphatic carbocycles. The average molecular weight is 228 g/mol. The molecule has 0 N–H and O–H groups in total. The number of hydrogen-bond acceptors (Lipinski definition) is 2. The molecule has 2 aromatic carbocycles. The van der Waals surface area contributed by atoms with Gasteiger partial charge in [0.2, 0.25) is 0 Å². The van der Waals surface area contributed by atoms with Crippen LogP contribution in [0.2, 0.25) is 0 Å². The minimum absolute atomic E-state index is 0.714. The maximum absolute atomic E-state index is 10.7. The van der Waals surface area contributed by atoms with Gasteiger partial charge in [-0.05, 0) is 35.6 Å². The molecule has 16 heavy (non-hydrogen) atoms. The molecule has 0 atom stereocenters. The number of carbonyl (C=O) groups is 1. The van der Waals surface area contributed by atoms with Gasteiger partial charge in [-0.25, -0.2) is 0 Å². The van der Waals surface area contributed by atoms with Crippen LogP contribution in [0.25, 0.3) is 11.1 Å². The minimum Gasteiger partial charge on any atom is -0.298 e. The third-order valence-electron chi connectivity index (χ3n) is 2.45. The molecule has 0 radical (unpaired) electrons. The molecule has 0 aliphatic heterocycles. The van der Waals surface area contributed by atoms with Crippen LogP contribution in [0.3, 0.4) is 0 Å². The van der Waals surface area contributed by atoms with Gasteiger partial charge in [0, 0.05) is 10.5 Å². The van der Waals surface area contributed by atoms with Crippen molar-refractivity contribution in [2.24, 2.45) is 0 Å². The average Bonchev–Trinajstić information content (AvgIpc) is 2.39. The summed E-state index contributed by atoms with van der Waals surface area (Å²) in [4.78, 5) is 11.9. The third kappa shape index (κ3) is 2.34. The Labute approximate surface area is 99.5 Å². The first-order valence-electron chi connectivity index (χ1n) is 5.03. The zero-order valence-corrected chi connectivity index (χ0v) is 9.83. The van der Waals surface area contributed by atoms with Crippen LogP contribution in [0.5, 0.6) is 0 Å². The summed E-state index contributed by atoms with van der Waals surface area (Å²) in [6.45, 7) is 0. The molecule has 2 rings (SSSR count). The van der Waals surface area contributed by atoms with Gasteiger partial charge in [0.25, 0.3) is 0 Å². The lowest BCUT2D eigenvalue weighted by molar-refractivity contribution is 0.112. The molecule has 0 unspecified atom stereocenters. The second-order valence-corrected chi connectivity index (χ2v) is 4.35. The predicted molar refractivity (Wildman–Crippen MR) is 69.0 cm³/mol. The summed E-state index contributed by atoms with van der Waals surface area (Å²) in [5.41, 5.74) is 2.94. The standard InChI is InChI=1S/C14H12OS/c1-16-14-7-5-12(6-8-14)13-4-2-3-11(9-13)10-15/h2-10H,1H3. The SMILES string of the molecule is CSc1ccc(-c2cccc(C=O)c2)cc1. The van der Waals surface area contributed by atoms with Gasteiger partial charge < -0.3 is 0 Å². The van der Waals surface area contributed by atoms with E-state index in [1.165, 1.54) is 4.90 Å². The van der Waals surface area contributed by atoms with Crippen LogP contribution in [-0.2, 0) is 0 Å². The summed E-state index contributed by atoms with van der Waals surface area (Å²) >= 11 is 1.72. The summed E-state index contributed by atoms with van der Waals surface area (Å²) in [7, 11) is 0. The van der Waals surface area contributed by atoms with Crippen LogP contribution in [0.1, 0.15) is 10.4 Å². The van der Waals surface area contributed by atoms with Gasteiger partial charge in [-0.3, -0.25) is 4.79 Å². The second-order valence-electron chi connectivity index (χ2n) is 3.47. The molecule has 0 bridgehead atoms. The van der Waals surface area contributed by atoms with E-state index in [0.29, 0.717) is 5.56 Å². The minimum atomic E-state index is 0.714. The maximum Gasteiger partial charge on any atom is 0.150 e. The molecule has 80 valence electrons. The molecular weight excluding hydrogens is 216 g/mol. The van der Waals surface area contributed by atoms with Crippen molar-refractivity contribution in [2.75, 3.05) is 6.26 Å². The molecule has 1 nitrogen and oxygen atoms in total. The summed E-state index contributed by atoms with van der Waals surface area (Å²) in [5.74, 6) is 0. The van der Waals surface area contributed by atoms with E-state index in [4.69, 9.17) is 0 Å². The lowest BCUT2D eigenvalue weighted by atomic mass is 10.0. The summed E-state index contributed by atoms with van der Waals surface area (Å²) in [6.07, 6.45) is 2.93. The Morgan fingerprint density at radius 2 is 1.75 bits per heavy atom. The van der Waals surface area contributed by atoms with Gasteiger partial charge in [0.05, 0.1) is 0 Å². The van der Waals surface area contributed by atoms with Gasteiger partial charge in [-0.1, -0.05) is 30.3 Å². The monoisotopic (exact) mass is 228 g/mol. The molecule has 2 heteroatoms. The fourth-order valence-electron chi connectivity index (χ4n) is 1.58. The van der Waals surface area contributed by atoms with E-state index in [2.05, 4.69) is 30.5 Å². The van der Waals surface area contributed by atoms with Gasteiger partial charge in [-0.2, -0.15) is 0 Å². The molecular formula is C14H12OS. The number of aldehydes is 1. The predicted octanol–water partition coefficient (Wildman–Crippen LogP) is 3.89. The summed E-state index contributed by atoms with van der Waals surface area (Å²) in [5, 5.41) is 0. The first-order chi connectivity index (χ1) is 7.83. The first kappa shape index (κ1) is 11.0. The smallest absolute Gasteiger partial charge is 0.150 e. The highest BCUT2D eigenvalue weighted by atomic mass is 32.2. The van der Waals surface area contributed by atoms with E-state index < -0.39 is 0 Å². The molecule has 0 saturated carbocycles. The molecule has 0 amide bonds. The Morgan fingerprint density at radius 3 is 2.38 bits per heavy atom. The van der Waals surface area contributed by atoms with Crippen LogP contribution < -0.4 is 0 Å². The molecule has 0 spiro atoms. The van der Waals surface area contributed by atoms with Gasteiger partial charge >= 0.3 is 0 Å². The molecule has 0 aliphatic rings. The van der Waals surface area contributed by atoms with Crippen LogP contribution in [-0.4, -0.2) is 12.5 Å². The van der Waals surface area contributed by atoms with Crippen LogP contribution in [0, 0.1) is 0 Å². The Balaban J connectivity index is 2.38. The van der Waals surface area contributed by atoms with E-state index in [0.717, 1.165) is 17.4 Å². The molecule has 0 heterocycles. The van der Waals surface area contributed by atoms with Crippen molar-refractivity contribution < 1.29 is 4.79 Å². The van der Waals surface area contributed by atoms with E-state index in [9.17, 15) is 4.79 Å². The van der Waals surface area contributed by atoms with Crippen molar-refractivity contribution >= 4 is 18.0 Å². The van der Waals surface area contributed by atoms with Crippen molar-refractivity contribution in [1.82, 2.24) is 0 Å². The maximum atomic E-state index is 10.7. The molecule has 0 saturated heterocycles. The Kier molecular flexibility index (Phi) is 3.42. The largest absolute Gasteiger partial charge is 0.298 e. The van der Waals surface area contributed by atoms with Gasteiger partial charge in [0.1, 0.15) is 6.29 Å². The van der Waals surface area contributed by atoms with Crippen LogP contribution in [0.15, 0.2) is 53.4 Å². The highest BCUT2D eigenvalue weighted by Crippen LogP contribution is 2.23. The van der Waals surface area contributed by atoms with E-state index in [-0.39, 0.29) is 0 Å². The number of hydrogen-bond donors (Lipinski definition) is 0. The fraction of sp³-hybridized carbons (Fsp3) is 0.0714. The van der Waals surface area contributed by atoms with E-state index in [1.807, 2.05) is 24.3 Å². The van der Waals surface area contributed by atoms with Crippen molar-refractivity contribution in [3.63, 3.8) is 0 Å². The van der Waals surface area contributed by atoms with E-state index >= 15 is 0 Å². The summed E-state index contributed by atoms with van der Waals surface area (Å²) in [6, 6.07) is 16.0.